The van der Waals surface area contributed by atoms with E-state index in [2.05, 4.69) is 4.99 Å². The maximum atomic E-state index is 13.6. The third-order valence-electron chi connectivity index (χ3n) is 6.97. The Morgan fingerprint density at radius 2 is 1.74 bits per heavy atom. The number of carbonyl (C=O) groups excluding carboxylic acids is 2. The number of nitro groups is 1. The van der Waals surface area contributed by atoms with Crippen molar-refractivity contribution in [2.75, 3.05) is 27.3 Å². The summed E-state index contributed by atoms with van der Waals surface area (Å²) in [7, 11) is 3.03. The maximum absolute atomic E-state index is 13.6. The Labute approximate surface area is 242 Å². The van der Waals surface area contributed by atoms with Crippen molar-refractivity contribution in [3.63, 3.8) is 0 Å². The first-order chi connectivity index (χ1) is 19.5. The average Bonchev–Trinajstić information content (AvgIpc) is 2.90. The van der Waals surface area contributed by atoms with E-state index in [0.29, 0.717) is 35.6 Å². The monoisotopic (exact) mass is 589 g/mol. The number of hydrogen-bond donors (Lipinski definition) is 0. The number of carbonyl (C=O) groups is 2. The molecule has 2 unspecified atom stereocenters. The topological polar surface area (TPSA) is 111 Å². The van der Waals surface area contributed by atoms with Crippen LogP contribution in [0, 0.1) is 21.4 Å². The molecule has 3 rings (SSSR count). The zero-order valence-corrected chi connectivity index (χ0v) is 24.3. The average molecular weight is 590 g/mol. The number of nitro benzene ring substituents is 1. The van der Waals surface area contributed by atoms with Gasteiger partial charge < -0.3 is 14.4 Å². The first-order valence-electron chi connectivity index (χ1n) is 13.1. The van der Waals surface area contributed by atoms with Gasteiger partial charge in [-0.2, -0.15) is 13.2 Å². The van der Waals surface area contributed by atoms with Gasteiger partial charge in [0.25, 0.3) is 5.69 Å². The third-order valence-corrected chi connectivity index (χ3v) is 6.97. The van der Waals surface area contributed by atoms with Crippen molar-refractivity contribution in [3.05, 3.63) is 86.6 Å². The molecule has 0 aromatic heterocycles. The number of non-ortho nitro benzene ring substituents is 1. The highest BCUT2D eigenvalue weighted by molar-refractivity contribution is 6.07. The van der Waals surface area contributed by atoms with Crippen LogP contribution in [-0.2, 0) is 31.8 Å². The molecule has 2 aromatic rings. The summed E-state index contributed by atoms with van der Waals surface area (Å²) in [6, 6.07) is 10.7. The lowest BCUT2D eigenvalue weighted by atomic mass is 9.75. The molecule has 0 bridgehead atoms. The number of halogens is 3. The summed E-state index contributed by atoms with van der Waals surface area (Å²) in [4.78, 5) is 43.6. The fraction of sp³-hybridized carbons (Fsp3) is 0.433. The van der Waals surface area contributed by atoms with Crippen molar-refractivity contribution < 1.29 is 37.2 Å². The standard InChI is InChI=1S/C30H34F3N3O6/c1-18-24(27(37)41-6)26(21-8-7-9-23(14-21)36(39)40)25(19(2)34-18)28(38)42-17-29(3,4)16-35(5)15-20-10-12-22(13-11-20)30(31,32)33/h7-14,24,26H,15-17H2,1-6H3. The van der Waals surface area contributed by atoms with E-state index in [1.807, 2.05) is 25.8 Å². The number of rotatable bonds is 10. The van der Waals surface area contributed by atoms with Gasteiger partial charge in [-0.05, 0) is 44.2 Å². The van der Waals surface area contributed by atoms with Crippen molar-refractivity contribution in [2.45, 2.75) is 46.3 Å². The fourth-order valence-corrected chi connectivity index (χ4v) is 5.21. The van der Waals surface area contributed by atoms with Crippen molar-refractivity contribution >= 4 is 23.3 Å². The molecule has 0 spiro atoms. The van der Waals surface area contributed by atoms with Crippen LogP contribution in [-0.4, -0.2) is 54.8 Å². The molecule has 0 aliphatic carbocycles. The Bertz CT molecular complexity index is 1400. The van der Waals surface area contributed by atoms with Crippen LogP contribution in [0.4, 0.5) is 18.9 Å². The van der Waals surface area contributed by atoms with Crippen molar-refractivity contribution in [2.24, 2.45) is 16.3 Å². The quantitative estimate of drug-likeness (QED) is 0.192. The minimum absolute atomic E-state index is 0.0206. The first-order valence-corrected chi connectivity index (χ1v) is 13.1. The molecule has 0 N–H and O–H groups in total. The summed E-state index contributed by atoms with van der Waals surface area (Å²) >= 11 is 0. The molecule has 0 saturated heterocycles. The fourth-order valence-electron chi connectivity index (χ4n) is 5.21. The number of benzene rings is 2. The molecule has 0 amide bonds. The highest BCUT2D eigenvalue weighted by atomic mass is 19.4. The van der Waals surface area contributed by atoms with Crippen molar-refractivity contribution in [1.29, 1.82) is 0 Å². The van der Waals surface area contributed by atoms with Gasteiger partial charge in [-0.1, -0.05) is 38.1 Å². The van der Waals surface area contributed by atoms with Crippen LogP contribution < -0.4 is 0 Å². The van der Waals surface area contributed by atoms with Crippen molar-refractivity contribution in [3.8, 4) is 0 Å². The number of ether oxygens (including phenoxy) is 2. The number of allylic oxidation sites excluding steroid dienone is 1. The van der Waals surface area contributed by atoms with E-state index in [0.717, 1.165) is 12.1 Å². The molecule has 0 fully saturated rings. The van der Waals surface area contributed by atoms with Crippen LogP contribution in [0.15, 0.2) is 64.8 Å². The Hall–Kier alpha value is -4.06. The lowest BCUT2D eigenvalue weighted by molar-refractivity contribution is -0.384. The SMILES string of the molecule is COC(=O)C1C(C)=NC(C)=C(C(=O)OCC(C)(C)CN(C)Cc2ccc(C(F)(F)F)cc2)C1c1cccc([N+](=O)[O-])c1. The summed E-state index contributed by atoms with van der Waals surface area (Å²) in [5.74, 6) is -3.28. The largest absolute Gasteiger partial charge is 0.468 e. The van der Waals surface area contributed by atoms with E-state index >= 15 is 0 Å². The highest BCUT2D eigenvalue weighted by Gasteiger charge is 2.43. The number of alkyl halides is 3. The van der Waals surface area contributed by atoms with Crippen LogP contribution >= 0.6 is 0 Å². The van der Waals surface area contributed by atoms with Gasteiger partial charge in [0.05, 0.1) is 29.8 Å². The number of nitrogens with zero attached hydrogens (tertiary/aromatic N) is 3. The molecular weight excluding hydrogens is 555 g/mol. The Morgan fingerprint density at radius 1 is 1.10 bits per heavy atom. The number of esters is 2. The smallest absolute Gasteiger partial charge is 0.416 e. The normalized spacial score (nSPS) is 17.6. The summed E-state index contributed by atoms with van der Waals surface area (Å²) in [6.45, 7) is 7.80. The summed E-state index contributed by atoms with van der Waals surface area (Å²) in [6.07, 6.45) is -4.41. The minimum Gasteiger partial charge on any atom is -0.468 e. The number of hydrogen-bond acceptors (Lipinski definition) is 8. The number of methoxy groups -OCH3 is 1. The van der Waals surface area contributed by atoms with Crippen LogP contribution in [0.2, 0.25) is 0 Å². The van der Waals surface area contributed by atoms with Gasteiger partial charge in [-0.25, -0.2) is 4.79 Å². The molecule has 42 heavy (non-hydrogen) atoms. The zero-order chi connectivity index (χ0) is 31.4. The second-order valence-corrected chi connectivity index (χ2v) is 11.2. The molecule has 0 saturated carbocycles. The molecule has 2 atom stereocenters. The second kappa shape index (κ2) is 12.8. The predicted octanol–water partition coefficient (Wildman–Crippen LogP) is 5.94. The van der Waals surface area contributed by atoms with Gasteiger partial charge in [-0.3, -0.25) is 19.9 Å². The van der Waals surface area contributed by atoms with Gasteiger partial charge in [0.15, 0.2) is 0 Å². The molecule has 9 nitrogen and oxygen atoms in total. The second-order valence-electron chi connectivity index (χ2n) is 11.2. The summed E-state index contributed by atoms with van der Waals surface area (Å²) < 4.78 is 49.3. The van der Waals surface area contributed by atoms with Gasteiger partial charge >= 0.3 is 18.1 Å². The Kier molecular flexibility index (Phi) is 9.93. The zero-order valence-electron chi connectivity index (χ0n) is 24.3. The van der Waals surface area contributed by atoms with Gasteiger partial charge in [-0.15, -0.1) is 0 Å². The minimum atomic E-state index is -4.41. The molecule has 2 aromatic carbocycles. The molecular formula is C30H34F3N3O6. The molecule has 226 valence electrons. The van der Waals surface area contributed by atoms with E-state index in [1.54, 1.807) is 19.9 Å². The van der Waals surface area contributed by atoms with Crippen LogP contribution in [0.25, 0.3) is 0 Å². The van der Waals surface area contributed by atoms with Gasteiger partial charge in [0, 0.05) is 48.0 Å². The summed E-state index contributed by atoms with van der Waals surface area (Å²) in [5, 5.41) is 11.5. The molecule has 1 aliphatic rings. The van der Waals surface area contributed by atoms with Crippen molar-refractivity contribution in [1.82, 2.24) is 4.90 Å². The van der Waals surface area contributed by atoms with Crippen LogP contribution in [0.3, 0.4) is 0 Å². The maximum Gasteiger partial charge on any atom is 0.416 e. The van der Waals surface area contributed by atoms with Crippen LogP contribution in [0.1, 0.15) is 50.3 Å². The molecule has 12 heteroatoms. The first kappa shape index (κ1) is 32.5. The van der Waals surface area contributed by atoms with E-state index in [1.165, 1.54) is 37.4 Å². The van der Waals surface area contributed by atoms with Gasteiger partial charge in [0.2, 0.25) is 0 Å². The Morgan fingerprint density at radius 3 is 2.31 bits per heavy atom. The molecule has 1 aliphatic heterocycles. The lowest BCUT2D eigenvalue weighted by Crippen LogP contribution is -2.38. The van der Waals surface area contributed by atoms with Crippen LogP contribution in [0.5, 0.6) is 0 Å². The highest BCUT2D eigenvalue weighted by Crippen LogP contribution is 2.41. The third kappa shape index (κ3) is 7.81. The molecule has 1 heterocycles. The van der Waals surface area contributed by atoms with Gasteiger partial charge in [0.1, 0.15) is 5.92 Å². The van der Waals surface area contributed by atoms with E-state index in [4.69, 9.17) is 9.47 Å². The predicted molar refractivity (Wildman–Crippen MR) is 150 cm³/mol. The number of aliphatic imine (C=N–C) groups is 1. The lowest BCUT2D eigenvalue weighted by Gasteiger charge is -2.33. The van der Waals surface area contributed by atoms with E-state index in [-0.39, 0.29) is 17.9 Å². The molecule has 0 radical (unpaired) electrons. The summed E-state index contributed by atoms with van der Waals surface area (Å²) in [5.41, 5.74) is 0.416. The Balaban J connectivity index is 1.79. The van der Waals surface area contributed by atoms with E-state index in [9.17, 15) is 32.9 Å². The van der Waals surface area contributed by atoms with E-state index < -0.39 is 45.9 Å².